The Bertz CT molecular complexity index is 50.8. The summed E-state index contributed by atoms with van der Waals surface area (Å²) in [5.74, 6) is 0. The van der Waals surface area contributed by atoms with Crippen LogP contribution in [0.5, 0.6) is 0 Å². The quantitative estimate of drug-likeness (QED) is 0.181. The van der Waals surface area contributed by atoms with Crippen molar-refractivity contribution in [3.8, 4) is 0 Å². The third-order valence-electron chi connectivity index (χ3n) is 1.21. The largest absolute Gasteiger partial charge is 0.114 e. The Morgan fingerprint density at radius 1 is 0.846 bits per heavy atom. The molecule has 0 aliphatic rings. The van der Waals surface area contributed by atoms with Crippen molar-refractivity contribution in [1.29, 1.82) is 0 Å². The van der Waals surface area contributed by atoms with Gasteiger partial charge in [-0.1, -0.05) is 121 Å². The molecule has 0 aliphatic heterocycles. The fourth-order valence-electron chi connectivity index (χ4n) is 0.677. The molecule has 0 saturated carbocycles. The lowest BCUT2D eigenvalue weighted by Gasteiger charge is -1.90. The van der Waals surface area contributed by atoms with Crippen LogP contribution in [-0.4, -0.2) is -0.0619 Å². The number of alkyl halides is 3. The number of halogens is 4. The highest BCUT2D eigenvalue weighted by Crippen LogP contribution is 2.16. The molecule has 0 fully saturated rings. The highest BCUT2D eigenvalue weighted by atomic mass is 127. The van der Waals surface area contributed by atoms with Gasteiger partial charge in [-0.3, -0.25) is 0 Å². The van der Waals surface area contributed by atoms with E-state index in [4.69, 9.17) is 0 Å². The van der Waals surface area contributed by atoms with Gasteiger partial charge >= 0.3 is 0 Å². The lowest BCUT2D eigenvalue weighted by Crippen LogP contribution is -1.70. The molecule has 0 nitrogen and oxygen atoms in total. The lowest BCUT2D eigenvalue weighted by molar-refractivity contribution is 0.656. The topological polar surface area (TPSA) is 0 Å². The summed E-state index contributed by atoms with van der Waals surface area (Å²) >= 11 is 6.95. The Labute approximate surface area is 143 Å². The molecule has 0 aromatic carbocycles. The van der Waals surface area contributed by atoms with E-state index in [1.165, 1.54) is 32.1 Å². The minimum atomic E-state index is 0. The molecule has 0 aromatic rings. The average molecular weight is 638 g/mol. The van der Waals surface area contributed by atoms with Crippen LogP contribution in [0, 0.1) is 0 Å². The number of unbranched alkanes of at least 4 members (excludes halogenated alkanes) is 4. The number of rotatable bonds is 4. The minimum absolute atomic E-state index is 0. The first-order valence-corrected chi connectivity index (χ1v) is 7.81. The van der Waals surface area contributed by atoms with Crippen LogP contribution >= 0.6 is 91.7 Å². The third kappa shape index (κ3) is 52.0. The van der Waals surface area contributed by atoms with Crippen LogP contribution < -0.4 is 0 Å². The molecule has 0 saturated heterocycles. The van der Waals surface area contributed by atoms with Crippen molar-refractivity contribution in [2.45, 2.75) is 53.3 Å². The van der Waals surface area contributed by atoms with Crippen molar-refractivity contribution in [1.82, 2.24) is 0 Å². The summed E-state index contributed by atoms with van der Waals surface area (Å²) in [6.07, 6.45) is 7.01. The Morgan fingerprint density at radius 3 is 1.23 bits per heavy atom. The highest BCUT2D eigenvalue weighted by molar-refractivity contribution is 14.3. The summed E-state index contributed by atoms with van der Waals surface area (Å²) in [6, 6.07) is 0. The van der Waals surface area contributed by atoms with Gasteiger partial charge in [-0.05, 0) is 0 Å². The van der Waals surface area contributed by atoms with Gasteiger partial charge in [0.05, 0.1) is 0 Å². The zero-order valence-electron chi connectivity index (χ0n) is 7.66. The van der Waals surface area contributed by atoms with E-state index in [2.05, 4.69) is 81.6 Å². The fourth-order valence-corrected chi connectivity index (χ4v) is 0.677. The molecular formula is C9H22I4. The molecule has 13 heavy (non-hydrogen) atoms. The van der Waals surface area contributed by atoms with E-state index in [1.807, 2.05) is 0 Å². The maximum Gasteiger partial charge on any atom is 0.114 e. The maximum absolute atomic E-state index is 2.32. The van der Waals surface area contributed by atoms with Gasteiger partial charge in [-0.25, -0.2) is 0 Å². The average Bonchev–Trinajstić information content (AvgIpc) is 1.88. The highest BCUT2D eigenvalue weighted by Gasteiger charge is 1.80. The molecule has 0 bridgehead atoms. The van der Waals surface area contributed by atoms with Gasteiger partial charge in [0, 0.05) is 0 Å². The molecule has 0 unspecified atom stereocenters. The zero-order chi connectivity index (χ0) is 9.11. The van der Waals surface area contributed by atoms with E-state index in [0.717, 1.165) is -0.0619 Å². The third-order valence-corrected chi connectivity index (χ3v) is 1.21. The van der Waals surface area contributed by atoms with Crippen molar-refractivity contribution in [2.75, 3.05) is 0 Å². The molecule has 0 heterocycles. The maximum atomic E-state index is 2.32. The van der Waals surface area contributed by atoms with Crippen LogP contribution in [0.15, 0.2) is 0 Å². The molecule has 0 aliphatic carbocycles. The second-order valence-corrected chi connectivity index (χ2v) is 13.2. The van der Waals surface area contributed by atoms with Gasteiger partial charge in [0.1, 0.15) is -0.0619 Å². The van der Waals surface area contributed by atoms with E-state index in [0.29, 0.717) is 0 Å². The van der Waals surface area contributed by atoms with Gasteiger partial charge in [-0.2, -0.15) is 0 Å². The predicted molar refractivity (Wildman–Crippen MR) is 102 cm³/mol. The van der Waals surface area contributed by atoms with Crippen LogP contribution in [-0.2, 0) is 0 Å². The molecule has 0 spiro atoms. The molecule has 0 amide bonds. The van der Waals surface area contributed by atoms with E-state index in [1.54, 1.807) is 0 Å². The molecule has 0 aromatic heterocycles. The van der Waals surface area contributed by atoms with Gasteiger partial charge in [-0.15, -0.1) is 24.0 Å². The first-order valence-electron chi connectivity index (χ1n) is 4.07. The van der Waals surface area contributed by atoms with Gasteiger partial charge < -0.3 is 0 Å². The van der Waals surface area contributed by atoms with Crippen LogP contribution in [0.25, 0.3) is 0 Å². The van der Waals surface area contributed by atoms with Crippen molar-refractivity contribution in [2.24, 2.45) is 0 Å². The van der Waals surface area contributed by atoms with E-state index in [9.17, 15) is 0 Å². The van der Waals surface area contributed by atoms with Crippen molar-refractivity contribution >= 4 is 91.7 Å². The predicted octanol–water partition coefficient (Wildman–Crippen LogP) is 6.81. The molecule has 0 rings (SSSR count). The smallest absolute Gasteiger partial charge is 0.107 e. The Morgan fingerprint density at radius 2 is 1.08 bits per heavy atom. The van der Waals surface area contributed by atoms with Crippen LogP contribution in [0.1, 0.15) is 53.4 Å². The summed E-state index contributed by atoms with van der Waals surface area (Å²) in [4.78, 5) is 0. The summed E-state index contributed by atoms with van der Waals surface area (Å²) in [7, 11) is 0. The van der Waals surface area contributed by atoms with E-state index >= 15 is 0 Å². The van der Waals surface area contributed by atoms with Crippen LogP contribution in [0.4, 0.5) is 0 Å². The molecule has 86 valence electrons. The SMILES string of the molecule is C.CCCCCCC.I.IC(I)I. The van der Waals surface area contributed by atoms with Crippen molar-refractivity contribution in [3.63, 3.8) is 0 Å². The van der Waals surface area contributed by atoms with E-state index < -0.39 is 0 Å². The van der Waals surface area contributed by atoms with Crippen LogP contribution in [0.3, 0.4) is 0 Å². The number of hydrogen-bond donors (Lipinski definition) is 0. The second kappa shape index (κ2) is 24.2. The van der Waals surface area contributed by atoms with E-state index in [-0.39, 0.29) is 31.4 Å². The van der Waals surface area contributed by atoms with Gasteiger partial charge in [0.2, 0.25) is 0 Å². The first kappa shape index (κ1) is 24.9. The zero-order valence-corrected chi connectivity index (χ0v) is 16.5. The Balaban J connectivity index is -0.0000000600. The van der Waals surface area contributed by atoms with Gasteiger partial charge in [0.25, 0.3) is 0 Å². The Hall–Kier alpha value is 2.92. The Kier molecular flexibility index (Phi) is 46.5. The summed E-state index contributed by atoms with van der Waals surface area (Å²) < 4.78 is 0.743. The molecule has 0 N–H and O–H groups in total. The fraction of sp³-hybridized carbons (Fsp3) is 1.00. The second-order valence-electron chi connectivity index (χ2n) is 2.31. The number of hydrogen-bond acceptors (Lipinski definition) is 0. The standard InChI is InChI=1S/C7H16.CHI3.CH4.HI/c1-3-5-7-6-4-2;2-1(3)4;;/h3-7H2,1-2H3;1H;1H4;1H. The van der Waals surface area contributed by atoms with Gasteiger partial charge in [0.15, 0.2) is 0 Å². The molecular weight excluding hydrogens is 616 g/mol. The monoisotopic (exact) mass is 638 g/mol. The summed E-state index contributed by atoms with van der Waals surface area (Å²) in [5, 5.41) is 0. The summed E-state index contributed by atoms with van der Waals surface area (Å²) in [5.41, 5.74) is 0. The normalized spacial score (nSPS) is 7.85. The minimum Gasteiger partial charge on any atom is -0.107 e. The molecule has 0 radical (unpaired) electrons. The van der Waals surface area contributed by atoms with Crippen LogP contribution in [0.2, 0.25) is 0 Å². The van der Waals surface area contributed by atoms with Crippen molar-refractivity contribution in [3.05, 3.63) is 0 Å². The molecule has 4 heteroatoms. The summed E-state index contributed by atoms with van der Waals surface area (Å²) in [6.45, 7) is 4.49. The van der Waals surface area contributed by atoms with Crippen molar-refractivity contribution < 1.29 is 0 Å². The molecule has 0 atom stereocenters. The first-order chi connectivity index (χ1) is 5.15. The lowest BCUT2D eigenvalue weighted by atomic mass is 10.2.